The van der Waals surface area contributed by atoms with E-state index in [4.69, 9.17) is 23.1 Å². The van der Waals surface area contributed by atoms with Gasteiger partial charge in [0.25, 0.3) is 0 Å². The second-order valence-corrected chi connectivity index (χ2v) is 7.11. The number of hydrogen-bond donors (Lipinski definition) is 1. The number of hydrogen-bond acceptors (Lipinski definition) is 5. The zero-order chi connectivity index (χ0) is 18.5. The molecular formula is C19H22BN5S. The van der Waals surface area contributed by atoms with Crippen molar-refractivity contribution in [3.63, 3.8) is 0 Å². The highest BCUT2D eigenvalue weighted by Crippen LogP contribution is 2.18. The van der Waals surface area contributed by atoms with Gasteiger partial charge < -0.3 is 4.90 Å². The number of nitrogens with two attached hydrogens (primary N) is 1. The van der Waals surface area contributed by atoms with Gasteiger partial charge in [0.15, 0.2) is 5.82 Å². The molecule has 0 amide bonds. The molecule has 1 aromatic heterocycles. The van der Waals surface area contributed by atoms with Crippen molar-refractivity contribution in [2.24, 2.45) is 5.14 Å². The van der Waals surface area contributed by atoms with Crippen LogP contribution < -0.4 is 5.14 Å². The molecule has 0 saturated carbocycles. The van der Waals surface area contributed by atoms with Crippen LogP contribution in [0, 0.1) is 0 Å². The van der Waals surface area contributed by atoms with Gasteiger partial charge in [0.1, 0.15) is 5.82 Å². The molecule has 3 rings (SSSR count). The van der Waals surface area contributed by atoms with Crippen molar-refractivity contribution >= 4 is 19.8 Å². The first-order chi connectivity index (χ1) is 12.6. The van der Waals surface area contributed by atoms with Crippen LogP contribution in [0.1, 0.15) is 22.8 Å². The molecule has 0 spiro atoms. The summed E-state index contributed by atoms with van der Waals surface area (Å²) in [5, 5.41) is 10.3. The van der Waals surface area contributed by atoms with Gasteiger partial charge in [-0.2, -0.15) is 0 Å². The second kappa shape index (κ2) is 8.53. The molecule has 2 N–H and O–H groups in total. The summed E-state index contributed by atoms with van der Waals surface area (Å²) in [4.78, 5) is 7.84. The van der Waals surface area contributed by atoms with E-state index >= 15 is 0 Å². The third-order valence-corrected chi connectivity index (χ3v) is 4.53. The Hall–Kier alpha value is -2.09. The normalized spacial score (nSPS) is 11.2. The van der Waals surface area contributed by atoms with E-state index in [-0.39, 0.29) is 0 Å². The lowest BCUT2D eigenvalue weighted by atomic mass is 9.95. The fraction of sp³-hybridized carbons (Fsp3) is 0.263. The SMILES string of the molecule is [B]Cc1cccc(Cc2nc(CN(C)C)nn2-c2ccc(SN)cc2)c1. The van der Waals surface area contributed by atoms with Crippen LogP contribution in [-0.4, -0.2) is 41.6 Å². The van der Waals surface area contributed by atoms with Gasteiger partial charge in [0, 0.05) is 11.3 Å². The summed E-state index contributed by atoms with van der Waals surface area (Å²) >= 11 is 1.23. The first-order valence-electron chi connectivity index (χ1n) is 8.43. The van der Waals surface area contributed by atoms with Crippen molar-refractivity contribution in [2.45, 2.75) is 24.2 Å². The Balaban J connectivity index is 1.96. The number of rotatable bonds is 7. The molecule has 0 saturated heterocycles. The third kappa shape index (κ3) is 4.55. The summed E-state index contributed by atoms with van der Waals surface area (Å²) < 4.78 is 1.92. The standard InChI is InChI=1S/C19H22BN5S/c1-24(2)13-18-22-19(11-14-4-3-5-15(10-14)12-20)25(23-18)16-6-8-17(26-21)9-7-16/h3-10H,11-13,21H2,1-2H3. The smallest absolute Gasteiger partial charge is 0.165 e. The lowest BCUT2D eigenvalue weighted by molar-refractivity contribution is 0.390. The highest BCUT2D eigenvalue weighted by Gasteiger charge is 2.13. The van der Waals surface area contributed by atoms with Crippen LogP contribution in [0.15, 0.2) is 53.4 Å². The van der Waals surface area contributed by atoms with Crippen molar-refractivity contribution in [1.29, 1.82) is 0 Å². The van der Waals surface area contributed by atoms with Gasteiger partial charge in [-0.25, -0.2) is 9.67 Å². The molecule has 7 heteroatoms. The van der Waals surface area contributed by atoms with Crippen LogP contribution in [0.4, 0.5) is 0 Å². The predicted molar refractivity (Wildman–Crippen MR) is 108 cm³/mol. The maximum atomic E-state index is 5.77. The highest BCUT2D eigenvalue weighted by molar-refractivity contribution is 7.97. The molecule has 2 radical (unpaired) electrons. The molecule has 2 aromatic carbocycles. The molecule has 0 fully saturated rings. The minimum atomic E-state index is 0.532. The first-order valence-corrected chi connectivity index (χ1v) is 9.31. The molecule has 0 unspecified atom stereocenters. The lowest BCUT2D eigenvalue weighted by Gasteiger charge is -2.08. The predicted octanol–water partition coefficient (Wildman–Crippen LogP) is 2.55. The zero-order valence-corrected chi connectivity index (χ0v) is 15.9. The Labute approximate surface area is 160 Å². The number of benzene rings is 2. The third-order valence-electron chi connectivity index (χ3n) is 3.98. The van der Waals surface area contributed by atoms with E-state index in [1.165, 1.54) is 17.5 Å². The lowest BCUT2D eigenvalue weighted by Crippen LogP contribution is -2.12. The van der Waals surface area contributed by atoms with Crippen molar-refractivity contribution in [2.75, 3.05) is 14.1 Å². The van der Waals surface area contributed by atoms with Gasteiger partial charge in [-0.05, 0) is 55.9 Å². The average Bonchev–Trinajstić information content (AvgIpc) is 3.03. The van der Waals surface area contributed by atoms with Gasteiger partial charge in [-0.1, -0.05) is 36.1 Å². The molecule has 26 heavy (non-hydrogen) atoms. The summed E-state index contributed by atoms with van der Waals surface area (Å²) in [5.41, 5.74) is 3.27. The molecule has 0 aliphatic heterocycles. The van der Waals surface area contributed by atoms with Crippen molar-refractivity contribution in [3.8, 4) is 5.69 Å². The van der Waals surface area contributed by atoms with Crippen molar-refractivity contribution in [1.82, 2.24) is 19.7 Å². The fourth-order valence-electron chi connectivity index (χ4n) is 2.78. The van der Waals surface area contributed by atoms with Crippen LogP contribution >= 0.6 is 11.9 Å². The largest absolute Gasteiger partial charge is 0.302 e. The number of aromatic nitrogens is 3. The van der Waals surface area contributed by atoms with E-state index < -0.39 is 0 Å². The van der Waals surface area contributed by atoms with E-state index in [2.05, 4.69) is 17.0 Å². The highest BCUT2D eigenvalue weighted by atomic mass is 32.2. The maximum Gasteiger partial charge on any atom is 0.165 e. The average molecular weight is 363 g/mol. The zero-order valence-electron chi connectivity index (χ0n) is 15.1. The molecule has 0 aliphatic rings. The van der Waals surface area contributed by atoms with E-state index in [1.54, 1.807) is 0 Å². The van der Waals surface area contributed by atoms with Crippen LogP contribution in [-0.2, 0) is 19.3 Å². The molecule has 3 aromatic rings. The fourth-order valence-corrected chi connectivity index (χ4v) is 3.07. The van der Waals surface area contributed by atoms with E-state index in [0.717, 1.165) is 27.8 Å². The molecule has 0 atom stereocenters. The van der Waals surface area contributed by atoms with Gasteiger partial charge >= 0.3 is 0 Å². The van der Waals surface area contributed by atoms with E-state index in [9.17, 15) is 0 Å². The summed E-state index contributed by atoms with van der Waals surface area (Å²) in [6.45, 7) is 0.694. The van der Waals surface area contributed by atoms with Gasteiger partial charge in [-0.15, -0.1) is 5.10 Å². The Morgan fingerprint density at radius 1 is 1.12 bits per heavy atom. The number of nitrogens with zero attached hydrogens (tertiary/aromatic N) is 4. The van der Waals surface area contributed by atoms with E-state index in [1.807, 2.05) is 55.2 Å². The Bertz CT molecular complexity index is 861. The van der Waals surface area contributed by atoms with Crippen LogP contribution in [0.25, 0.3) is 5.69 Å². The van der Waals surface area contributed by atoms with Crippen molar-refractivity contribution in [3.05, 3.63) is 71.3 Å². The van der Waals surface area contributed by atoms with Gasteiger partial charge in [0.05, 0.1) is 20.1 Å². The minimum Gasteiger partial charge on any atom is -0.302 e. The molecule has 0 bridgehead atoms. The van der Waals surface area contributed by atoms with Gasteiger partial charge in [0.2, 0.25) is 0 Å². The maximum absolute atomic E-state index is 5.77. The molecule has 0 aliphatic carbocycles. The van der Waals surface area contributed by atoms with Crippen LogP contribution in [0.2, 0.25) is 0 Å². The Kier molecular flexibility index (Phi) is 6.14. The quantitative estimate of drug-likeness (QED) is 0.516. The summed E-state index contributed by atoms with van der Waals surface area (Å²) in [6, 6.07) is 16.3. The topological polar surface area (TPSA) is 60.0 Å². The van der Waals surface area contributed by atoms with Crippen LogP contribution in [0.3, 0.4) is 0 Å². The first kappa shape index (κ1) is 18.7. The molecule has 1 heterocycles. The summed E-state index contributed by atoms with van der Waals surface area (Å²) in [6.07, 6.45) is 1.23. The Morgan fingerprint density at radius 2 is 1.85 bits per heavy atom. The minimum absolute atomic E-state index is 0.532. The van der Waals surface area contributed by atoms with E-state index in [0.29, 0.717) is 19.3 Å². The Morgan fingerprint density at radius 3 is 2.50 bits per heavy atom. The second-order valence-electron chi connectivity index (χ2n) is 6.41. The van der Waals surface area contributed by atoms with Crippen LogP contribution in [0.5, 0.6) is 0 Å². The molecule has 132 valence electrons. The summed E-state index contributed by atoms with van der Waals surface area (Å²) in [5.74, 6) is 1.71. The van der Waals surface area contributed by atoms with Gasteiger partial charge in [-0.3, -0.25) is 5.14 Å². The molecular weight excluding hydrogens is 341 g/mol. The monoisotopic (exact) mass is 363 g/mol. The summed E-state index contributed by atoms with van der Waals surface area (Å²) in [7, 11) is 9.79. The molecule has 5 nitrogen and oxygen atoms in total. The van der Waals surface area contributed by atoms with Crippen molar-refractivity contribution < 1.29 is 0 Å².